The summed E-state index contributed by atoms with van der Waals surface area (Å²) < 4.78 is 1.02. The molecule has 0 unspecified atom stereocenters. The molecule has 1 aromatic carbocycles. The highest BCUT2D eigenvalue weighted by molar-refractivity contribution is 9.10. The highest BCUT2D eigenvalue weighted by Crippen LogP contribution is 2.33. The Morgan fingerprint density at radius 1 is 1.33 bits per heavy atom. The number of anilines is 2. The van der Waals surface area contributed by atoms with Gasteiger partial charge in [-0.15, -0.1) is 11.3 Å². The molecule has 0 aliphatic heterocycles. The largest absolute Gasteiger partial charge is 0.396 e. The zero-order valence-electron chi connectivity index (χ0n) is 11.8. The molecule has 108 valence electrons. The lowest BCUT2D eigenvalue weighted by Crippen LogP contribution is -2.18. The van der Waals surface area contributed by atoms with Gasteiger partial charge in [0.25, 0.3) is 0 Å². The second-order valence-electron chi connectivity index (χ2n) is 4.94. The van der Waals surface area contributed by atoms with Gasteiger partial charge in [-0.25, -0.2) is 4.98 Å². The molecule has 0 aliphatic carbocycles. The van der Waals surface area contributed by atoms with Gasteiger partial charge in [-0.2, -0.15) is 0 Å². The minimum atomic E-state index is 0.685. The third kappa shape index (κ3) is 2.73. The highest BCUT2D eigenvalue weighted by atomic mass is 79.9. The molecule has 0 atom stereocenters. The van der Waals surface area contributed by atoms with Crippen molar-refractivity contribution < 1.29 is 0 Å². The van der Waals surface area contributed by atoms with Gasteiger partial charge in [0, 0.05) is 21.8 Å². The second kappa shape index (κ2) is 5.61. The lowest BCUT2D eigenvalue weighted by Gasteiger charge is -2.22. The summed E-state index contributed by atoms with van der Waals surface area (Å²) in [4.78, 5) is 12.1. The number of benzene rings is 1. The van der Waals surface area contributed by atoms with Crippen LogP contribution < -0.4 is 10.6 Å². The average molecular weight is 363 g/mol. The first-order valence-electron chi connectivity index (χ1n) is 6.50. The van der Waals surface area contributed by atoms with Crippen LogP contribution in [0, 0.1) is 6.92 Å². The molecule has 3 aromatic rings. The van der Waals surface area contributed by atoms with E-state index in [9.17, 15) is 0 Å². The number of nitrogen functional groups attached to an aromatic ring is 1. The van der Waals surface area contributed by atoms with Crippen molar-refractivity contribution in [1.29, 1.82) is 0 Å². The van der Waals surface area contributed by atoms with Crippen LogP contribution in [0.15, 0.2) is 34.4 Å². The summed E-state index contributed by atoms with van der Waals surface area (Å²) in [7, 11) is 2.05. The Balaban J connectivity index is 2.08. The van der Waals surface area contributed by atoms with Crippen LogP contribution in [-0.2, 0) is 6.54 Å². The standard InChI is InChI=1S/C15H15BrN4S/c1-9-14(21-8-19-9)7-20(2)15-11-5-10(16)3-4-13(11)18-6-12(15)17/h3-6,8H,7,17H2,1-2H3. The van der Waals surface area contributed by atoms with Crippen LogP contribution in [-0.4, -0.2) is 17.0 Å². The molecule has 2 N–H and O–H groups in total. The van der Waals surface area contributed by atoms with E-state index < -0.39 is 0 Å². The Kier molecular flexibility index (Phi) is 3.82. The summed E-state index contributed by atoms with van der Waals surface area (Å²) in [6.45, 7) is 2.82. The fraction of sp³-hybridized carbons (Fsp3) is 0.200. The van der Waals surface area contributed by atoms with Gasteiger partial charge in [0.15, 0.2) is 0 Å². The first kappa shape index (κ1) is 14.3. The minimum absolute atomic E-state index is 0.685. The molecule has 0 fully saturated rings. The molecule has 0 spiro atoms. The smallest absolute Gasteiger partial charge is 0.0798 e. The van der Waals surface area contributed by atoms with Crippen LogP contribution in [0.1, 0.15) is 10.6 Å². The van der Waals surface area contributed by atoms with Crippen molar-refractivity contribution in [3.8, 4) is 0 Å². The Morgan fingerprint density at radius 3 is 2.86 bits per heavy atom. The van der Waals surface area contributed by atoms with E-state index in [2.05, 4.69) is 36.9 Å². The molecule has 2 aromatic heterocycles. The van der Waals surface area contributed by atoms with Gasteiger partial charge in [0.2, 0.25) is 0 Å². The van der Waals surface area contributed by atoms with Crippen molar-refractivity contribution in [3.05, 3.63) is 45.0 Å². The fourth-order valence-electron chi connectivity index (χ4n) is 2.36. The Bertz CT molecular complexity index is 794. The summed E-state index contributed by atoms with van der Waals surface area (Å²) in [6, 6.07) is 6.04. The molecule has 6 heteroatoms. The number of thiazole rings is 1. The van der Waals surface area contributed by atoms with Crippen molar-refractivity contribution in [2.75, 3.05) is 17.7 Å². The zero-order valence-corrected chi connectivity index (χ0v) is 14.2. The lowest BCUT2D eigenvalue weighted by molar-refractivity contribution is 0.931. The molecule has 0 saturated carbocycles. The van der Waals surface area contributed by atoms with Gasteiger partial charge in [0.05, 0.1) is 40.8 Å². The number of rotatable bonds is 3. The van der Waals surface area contributed by atoms with Crippen molar-refractivity contribution >= 4 is 49.5 Å². The third-order valence-corrected chi connectivity index (χ3v) is 4.85. The van der Waals surface area contributed by atoms with Crippen LogP contribution in [0.2, 0.25) is 0 Å². The zero-order chi connectivity index (χ0) is 15.0. The number of hydrogen-bond donors (Lipinski definition) is 1. The molecule has 21 heavy (non-hydrogen) atoms. The van der Waals surface area contributed by atoms with Crippen LogP contribution in [0.4, 0.5) is 11.4 Å². The predicted molar refractivity (Wildman–Crippen MR) is 92.8 cm³/mol. The van der Waals surface area contributed by atoms with Gasteiger partial charge in [-0.3, -0.25) is 4.98 Å². The molecule has 0 amide bonds. The van der Waals surface area contributed by atoms with Crippen LogP contribution in [0.3, 0.4) is 0 Å². The quantitative estimate of drug-likeness (QED) is 0.765. The van der Waals surface area contributed by atoms with Crippen LogP contribution in [0.5, 0.6) is 0 Å². The van der Waals surface area contributed by atoms with E-state index in [-0.39, 0.29) is 0 Å². The van der Waals surface area contributed by atoms with Gasteiger partial charge in [-0.1, -0.05) is 15.9 Å². The predicted octanol–water partition coefficient (Wildman–Crippen LogP) is 3.98. The molecule has 3 rings (SSSR count). The van der Waals surface area contributed by atoms with E-state index in [1.807, 2.05) is 31.6 Å². The third-order valence-electron chi connectivity index (χ3n) is 3.44. The van der Waals surface area contributed by atoms with Crippen molar-refractivity contribution in [1.82, 2.24) is 9.97 Å². The number of halogens is 1. The van der Waals surface area contributed by atoms with Crippen LogP contribution in [0.25, 0.3) is 10.9 Å². The maximum absolute atomic E-state index is 6.17. The normalized spacial score (nSPS) is 11.0. The molecule has 2 heterocycles. The molecular weight excluding hydrogens is 348 g/mol. The Hall–Kier alpha value is -1.66. The van der Waals surface area contributed by atoms with E-state index >= 15 is 0 Å². The maximum atomic E-state index is 6.17. The minimum Gasteiger partial charge on any atom is -0.396 e. The van der Waals surface area contributed by atoms with E-state index in [1.165, 1.54) is 4.88 Å². The highest BCUT2D eigenvalue weighted by Gasteiger charge is 2.14. The molecule has 0 bridgehead atoms. The number of hydrogen-bond acceptors (Lipinski definition) is 5. The Labute approximate surface area is 135 Å². The average Bonchev–Trinajstić information content (AvgIpc) is 2.83. The topological polar surface area (TPSA) is 55.0 Å². The summed E-state index contributed by atoms with van der Waals surface area (Å²) in [5.74, 6) is 0. The number of aromatic nitrogens is 2. The SMILES string of the molecule is Cc1ncsc1CN(C)c1c(N)cnc2ccc(Br)cc12. The monoisotopic (exact) mass is 362 g/mol. The van der Waals surface area contributed by atoms with E-state index in [0.29, 0.717) is 5.69 Å². The molecule has 0 radical (unpaired) electrons. The van der Waals surface area contributed by atoms with E-state index in [0.717, 1.165) is 33.3 Å². The summed E-state index contributed by atoms with van der Waals surface area (Å²) in [5, 5.41) is 1.05. The maximum Gasteiger partial charge on any atom is 0.0798 e. The number of aryl methyl sites for hydroxylation is 1. The van der Waals surface area contributed by atoms with E-state index in [1.54, 1.807) is 17.5 Å². The Morgan fingerprint density at radius 2 is 2.14 bits per heavy atom. The van der Waals surface area contributed by atoms with E-state index in [4.69, 9.17) is 5.73 Å². The van der Waals surface area contributed by atoms with Gasteiger partial charge >= 0.3 is 0 Å². The summed E-state index contributed by atoms with van der Waals surface area (Å²) in [6.07, 6.45) is 1.72. The first-order chi connectivity index (χ1) is 10.1. The van der Waals surface area contributed by atoms with Gasteiger partial charge in [-0.05, 0) is 25.1 Å². The number of pyridine rings is 1. The first-order valence-corrected chi connectivity index (χ1v) is 8.17. The number of nitrogens with zero attached hydrogens (tertiary/aromatic N) is 3. The fourth-order valence-corrected chi connectivity index (χ4v) is 3.56. The van der Waals surface area contributed by atoms with Gasteiger partial charge in [0.1, 0.15) is 0 Å². The lowest BCUT2D eigenvalue weighted by atomic mass is 10.1. The number of fused-ring (bicyclic) bond motifs is 1. The molecule has 4 nitrogen and oxygen atoms in total. The van der Waals surface area contributed by atoms with Crippen LogP contribution >= 0.6 is 27.3 Å². The second-order valence-corrected chi connectivity index (χ2v) is 6.80. The summed E-state index contributed by atoms with van der Waals surface area (Å²) in [5.41, 5.74) is 11.8. The van der Waals surface area contributed by atoms with Crippen molar-refractivity contribution in [3.63, 3.8) is 0 Å². The molecular formula is C15H15BrN4S. The van der Waals surface area contributed by atoms with Crippen molar-refractivity contribution in [2.45, 2.75) is 13.5 Å². The number of nitrogens with two attached hydrogens (primary N) is 1. The molecule has 0 saturated heterocycles. The molecule has 0 aliphatic rings. The summed E-state index contributed by atoms with van der Waals surface area (Å²) >= 11 is 5.19. The van der Waals surface area contributed by atoms with Crippen molar-refractivity contribution in [2.24, 2.45) is 0 Å². The van der Waals surface area contributed by atoms with Gasteiger partial charge < -0.3 is 10.6 Å².